The zero-order chi connectivity index (χ0) is 19.7. The maximum absolute atomic E-state index is 14.4. The van der Waals surface area contributed by atoms with Gasteiger partial charge in [-0.1, -0.05) is 11.6 Å². The molecule has 0 saturated carbocycles. The molecule has 0 spiro atoms. The highest BCUT2D eigenvalue weighted by atomic mass is 79.9. The molecule has 0 radical (unpaired) electrons. The van der Waals surface area contributed by atoms with Crippen LogP contribution in [-0.4, -0.2) is 38.2 Å². The van der Waals surface area contributed by atoms with Crippen molar-refractivity contribution in [2.45, 2.75) is 0 Å². The zero-order valence-electron chi connectivity index (χ0n) is 14.2. The Bertz CT molecular complexity index is 892. The first-order valence-electron chi connectivity index (χ1n) is 7.98. The van der Waals surface area contributed by atoms with Crippen LogP contribution in [-0.2, 0) is 0 Å². The predicted octanol–water partition coefficient (Wildman–Crippen LogP) is 4.62. The van der Waals surface area contributed by atoms with Gasteiger partial charge in [0.15, 0.2) is 17.4 Å². The van der Waals surface area contributed by atoms with Gasteiger partial charge in [0.2, 0.25) is 0 Å². The molecule has 1 aliphatic heterocycles. The van der Waals surface area contributed by atoms with Gasteiger partial charge >= 0.3 is 5.69 Å². The summed E-state index contributed by atoms with van der Waals surface area (Å²) in [5, 5.41) is 11.0. The van der Waals surface area contributed by atoms with E-state index in [4.69, 9.17) is 16.3 Å². The Morgan fingerprint density at radius 2 is 1.74 bits per heavy atom. The fourth-order valence-corrected chi connectivity index (χ4v) is 3.49. The van der Waals surface area contributed by atoms with Gasteiger partial charge in [-0.3, -0.25) is 10.1 Å². The normalized spacial score (nSPS) is 14.4. The molecule has 0 amide bonds. The number of nitro benzene ring substituents is 1. The Labute approximate surface area is 167 Å². The molecule has 144 valence electrons. The van der Waals surface area contributed by atoms with Gasteiger partial charge in [-0.15, -0.1) is 0 Å². The number of rotatable bonds is 4. The lowest BCUT2D eigenvalue weighted by atomic mass is 10.2. The van der Waals surface area contributed by atoms with Gasteiger partial charge in [-0.05, 0) is 28.1 Å². The van der Waals surface area contributed by atoms with Crippen LogP contribution in [0.3, 0.4) is 0 Å². The summed E-state index contributed by atoms with van der Waals surface area (Å²) in [6, 6.07) is 5.49. The van der Waals surface area contributed by atoms with Crippen molar-refractivity contribution in [3.8, 4) is 5.75 Å². The van der Waals surface area contributed by atoms with Crippen LogP contribution in [0, 0.1) is 21.7 Å². The number of nitrogens with zero attached hydrogens (tertiary/aromatic N) is 3. The Morgan fingerprint density at radius 3 is 2.30 bits per heavy atom. The van der Waals surface area contributed by atoms with Gasteiger partial charge in [0.25, 0.3) is 0 Å². The first-order valence-corrected chi connectivity index (χ1v) is 9.16. The molecule has 0 unspecified atom stereocenters. The molecule has 0 aliphatic carbocycles. The average molecular weight is 463 g/mol. The van der Waals surface area contributed by atoms with E-state index in [1.807, 2.05) is 4.90 Å². The predicted molar refractivity (Wildman–Crippen MR) is 103 cm³/mol. The Morgan fingerprint density at radius 1 is 1.15 bits per heavy atom. The molecule has 2 aromatic carbocycles. The molecule has 2 aromatic rings. The number of nitro groups is 1. The molecule has 6 nitrogen and oxygen atoms in total. The monoisotopic (exact) mass is 461 g/mol. The molecule has 1 heterocycles. The lowest BCUT2D eigenvalue weighted by Gasteiger charge is -2.37. The van der Waals surface area contributed by atoms with E-state index in [0.29, 0.717) is 36.3 Å². The number of methoxy groups -OCH3 is 1. The second-order valence-corrected chi connectivity index (χ2v) is 7.13. The first kappa shape index (κ1) is 19.6. The second-order valence-electron chi connectivity index (χ2n) is 5.90. The summed E-state index contributed by atoms with van der Waals surface area (Å²) in [5.74, 6) is -1.22. The number of halogens is 4. The number of hydrogen-bond acceptors (Lipinski definition) is 5. The topological polar surface area (TPSA) is 58.8 Å². The van der Waals surface area contributed by atoms with Crippen molar-refractivity contribution in [2.24, 2.45) is 0 Å². The van der Waals surface area contributed by atoms with E-state index in [1.165, 1.54) is 13.2 Å². The molecule has 1 aliphatic rings. The lowest BCUT2D eigenvalue weighted by Crippen LogP contribution is -2.47. The summed E-state index contributed by atoms with van der Waals surface area (Å²) in [5.41, 5.74) is 0.167. The van der Waals surface area contributed by atoms with Gasteiger partial charge in [0.1, 0.15) is 0 Å². The fourth-order valence-electron chi connectivity index (χ4n) is 3.03. The van der Waals surface area contributed by atoms with E-state index >= 15 is 0 Å². The molecule has 0 bridgehead atoms. The third-order valence-electron chi connectivity index (χ3n) is 4.42. The van der Waals surface area contributed by atoms with Crippen LogP contribution in [0.1, 0.15) is 0 Å². The lowest BCUT2D eigenvalue weighted by molar-refractivity contribution is -0.385. The quantitative estimate of drug-likeness (QED) is 0.377. The van der Waals surface area contributed by atoms with E-state index in [0.717, 1.165) is 6.07 Å². The smallest absolute Gasteiger partial charge is 0.313 e. The van der Waals surface area contributed by atoms with Gasteiger partial charge in [0, 0.05) is 36.7 Å². The van der Waals surface area contributed by atoms with Crippen LogP contribution in [0.2, 0.25) is 5.02 Å². The molecular weight excluding hydrogens is 448 g/mol. The number of piperazine rings is 1. The van der Waals surface area contributed by atoms with Crippen molar-refractivity contribution in [1.29, 1.82) is 0 Å². The third kappa shape index (κ3) is 3.79. The molecule has 0 aromatic heterocycles. The number of ether oxygens (including phenoxy) is 1. The van der Waals surface area contributed by atoms with Gasteiger partial charge in [-0.25, -0.2) is 8.78 Å². The Balaban J connectivity index is 1.80. The molecule has 1 saturated heterocycles. The summed E-state index contributed by atoms with van der Waals surface area (Å²) in [6.45, 7) is 1.69. The molecular formula is C17H15BrClF2N3O3. The van der Waals surface area contributed by atoms with Gasteiger partial charge < -0.3 is 14.5 Å². The summed E-state index contributed by atoms with van der Waals surface area (Å²) < 4.78 is 34.3. The molecule has 3 rings (SSSR count). The number of benzene rings is 2. The summed E-state index contributed by atoms with van der Waals surface area (Å²) >= 11 is 9.13. The first-order chi connectivity index (χ1) is 12.8. The van der Waals surface area contributed by atoms with E-state index < -0.39 is 22.2 Å². The largest absolute Gasteiger partial charge is 0.490 e. The molecule has 27 heavy (non-hydrogen) atoms. The fraction of sp³-hybridized carbons (Fsp3) is 0.294. The van der Waals surface area contributed by atoms with Crippen LogP contribution in [0.5, 0.6) is 5.75 Å². The SMILES string of the molecule is COc1cc(N2CCN(c3ccc(Br)c(Cl)c3F)CC2)c(F)cc1[N+](=O)[O-]. The molecule has 10 heteroatoms. The van der Waals surface area contributed by atoms with Crippen molar-refractivity contribution >= 4 is 44.6 Å². The Kier molecular flexibility index (Phi) is 5.71. The highest BCUT2D eigenvalue weighted by Gasteiger charge is 2.26. The van der Waals surface area contributed by atoms with E-state index in [2.05, 4.69) is 15.9 Å². The minimum absolute atomic E-state index is 0.00966. The van der Waals surface area contributed by atoms with Crippen molar-refractivity contribution in [1.82, 2.24) is 0 Å². The van der Waals surface area contributed by atoms with Crippen molar-refractivity contribution < 1.29 is 18.4 Å². The minimum atomic E-state index is -0.700. The van der Waals surface area contributed by atoms with E-state index in [9.17, 15) is 18.9 Å². The standard InChI is InChI=1S/C17H15BrClF2N3O3/c1-27-15-9-13(11(20)8-14(15)24(25)26)23-6-4-22(5-7-23)12-3-2-10(18)16(19)17(12)21/h2-3,8-9H,4-7H2,1H3. The van der Waals surface area contributed by atoms with Crippen LogP contribution < -0.4 is 14.5 Å². The Hall–Kier alpha value is -2.13. The van der Waals surface area contributed by atoms with Gasteiger partial charge in [0.05, 0.1) is 34.5 Å². The van der Waals surface area contributed by atoms with Crippen LogP contribution in [0.25, 0.3) is 0 Å². The zero-order valence-corrected chi connectivity index (χ0v) is 16.6. The minimum Gasteiger partial charge on any atom is -0.490 e. The molecule has 0 N–H and O–H groups in total. The van der Waals surface area contributed by atoms with E-state index in [1.54, 1.807) is 17.0 Å². The number of anilines is 2. The highest BCUT2D eigenvalue weighted by Crippen LogP contribution is 2.36. The second kappa shape index (κ2) is 7.85. The molecule has 0 atom stereocenters. The maximum atomic E-state index is 14.4. The van der Waals surface area contributed by atoms with Crippen LogP contribution >= 0.6 is 27.5 Å². The van der Waals surface area contributed by atoms with Crippen LogP contribution in [0.15, 0.2) is 28.7 Å². The summed E-state index contributed by atoms with van der Waals surface area (Å²) in [7, 11) is 1.29. The van der Waals surface area contributed by atoms with Gasteiger partial charge in [-0.2, -0.15) is 0 Å². The number of hydrogen-bond donors (Lipinski definition) is 0. The summed E-state index contributed by atoms with van der Waals surface area (Å²) in [4.78, 5) is 13.9. The molecule has 1 fully saturated rings. The third-order valence-corrected chi connectivity index (χ3v) is 5.68. The average Bonchev–Trinajstić information content (AvgIpc) is 2.66. The highest BCUT2D eigenvalue weighted by molar-refractivity contribution is 9.10. The van der Waals surface area contributed by atoms with Crippen LogP contribution in [0.4, 0.5) is 25.8 Å². The van der Waals surface area contributed by atoms with Crippen molar-refractivity contribution in [3.05, 3.63) is 55.5 Å². The van der Waals surface area contributed by atoms with E-state index in [-0.39, 0.29) is 16.5 Å². The van der Waals surface area contributed by atoms with Crippen molar-refractivity contribution in [3.63, 3.8) is 0 Å². The summed E-state index contributed by atoms with van der Waals surface area (Å²) in [6.07, 6.45) is 0. The maximum Gasteiger partial charge on any atom is 0.313 e. The van der Waals surface area contributed by atoms with Crippen molar-refractivity contribution in [2.75, 3.05) is 43.1 Å².